The smallest absolute Gasteiger partial charge is 0.330 e. The van der Waals surface area contributed by atoms with Crippen molar-refractivity contribution in [2.24, 2.45) is 5.11 Å². The highest BCUT2D eigenvalue weighted by molar-refractivity contribution is 5.66. The second kappa shape index (κ2) is 12.8. The number of ether oxygens (including phenoxy) is 4. The van der Waals surface area contributed by atoms with E-state index in [2.05, 4.69) is 15.0 Å². The maximum atomic E-state index is 12.9. The van der Waals surface area contributed by atoms with Gasteiger partial charge in [0.25, 0.3) is 5.56 Å². The number of hydrogen-bond donors (Lipinski definition) is 1. The van der Waals surface area contributed by atoms with Crippen molar-refractivity contribution in [2.45, 2.75) is 64.1 Å². The summed E-state index contributed by atoms with van der Waals surface area (Å²) in [5.74, 6) is -0.640. The van der Waals surface area contributed by atoms with Gasteiger partial charge in [0, 0.05) is 23.6 Å². The molecule has 1 N–H and O–H groups in total. The van der Waals surface area contributed by atoms with Crippen molar-refractivity contribution in [3.63, 3.8) is 0 Å². The first-order chi connectivity index (χ1) is 19.2. The SMILES string of the molecule is CC(=O)O[C@H]1[C@H](n2cc(C)c(=O)[nH]c2=O)O[C@@](COCc2ccccc2)(C(C)N=[N+]=[N-])[C@H]1OCc1ccccc1. The molecule has 0 amide bonds. The third kappa shape index (κ3) is 6.32. The summed E-state index contributed by atoms with van der Waals surface area (Å²) in [6.07, 6.45) is -2.11. The van der Waals surface area contributed by atoms with Crippen LogP contribution in [0, 0.1) is 6.92 Å². The third-order valence-corrected chi connectivity index (χ3v) is 6.77. The second-order valence-corrected chi connectivity index (χ2v) is 9.59. The van der Waals surface area contributed by atoms with Crippen LogP contribution in [0.4, 0.5) is 0 Å². The van der Waals surface area contributed by atoms with Crippen LogP contribution in [0.2, 0.25) is 0 Å². The van der Waals surface area contributed by atoms with Crippen LogP contribution in [0.5, 0.6) is 0 Å². The number of esters is 1. The van der Waals surface area contributed by atoms with Gasteiger partial charge in [-0.1, -0.05) is 72.7 Å². The Morgan fingerprint density at radius 3 is 2.35 bits per heavy atom. The molecular formula is C28H31N5O7. The van der Waals surface area contributed by atoms with Gasteiger partial charge in [-0.05, 0) is 23.6 Å². The Balaban J connectivity index is 1.80. The molecule has 1 aliphatic heterocycles. The van der Waals surface area contributed by atoms with Crippen molar-refractivity contribution >= 4 is 5.97 Å². The standard InChI is InChI=1S/C28H31N5O7/c1-18-14-33(27(36)30-25(18)35)26-23(39-20(3)34)24(38-16-22-12-8-5-9-13-22)28(40-26,19(2)31-32-29)17-37-15-21-10-6-4-7-11-21/h4-14,19,23-24,26H,15-17H2,1-3H3,(H,30,35,36)/t19?,23-,24+,26-,28+/m1/s1. The fourth-order valence-electron chi connectivity index (χ4n) is 4.74. The minimum Gasteiger partial charge on any atom is -0.455 e. The molecule has 2 aromatic carbocycles. The first kappa shape index (κ1) is 28.8. The van der Waals surface area contributed by atoms with Gasteiger partial charge in [-0.2, -0.15) is 0 Å². The number of azide groups is 1. The fourth-order valence-corrected chi connectivity index (χ4v) is 4.74. The van der Waals surface area contributed by atoms with Gasteiger partial charge in [0.15, 0.2) is 12.3 Å². The Hall–Kier alpha value is -4.22. The van der Waals surface area contributed by atoms with E-state index in [1.54, 1.807) is 6.92 Å². The van der Waals surface area contributed by atoms with E-state index in [1.807, 2.05) is 60.7 Å². The maximum Gasteiger partial charge on any atom is 0.330 e. The highest BCUT2D eigenvalue weighted by Crippen LogP contribution is 2.44. The maximum absolute atomic E-state index is 12.9. The second-order valence-electron chi connectivity index (χ2n) is 9.59. The normalized spacial score (nSPS) is 22.8. The number of carbonyl (C=O) groups is 1. The summed E-state index contributed by atoms with van der Waals surface area (Å²) in [5, 5.41) is 3.92. The van der Waals surface area contributed by atoms with Crippen LogP contribution in [-0.2, 0) is 37.0 Å². The van der Waals surface area contributed by atoms with Gasteiger partial charge < -0.3 is 18.9 Å². The molecule has 0 saturated carbocycles. The van der Waals surface area contributed by atoms with E-state index < -0.39 is 47.3 Å². The molecule has 210 valence electrons. The predicted octanol–water partition coefficient (Wildman–Crippen LogP) is 3.55. The molecule has 1 fully saturated rings. The van der Waals surface area contributed by atoms with Gasteiger partial charge in [-0.25, -0.2) is 4.79 Å². The van der Waals surface area contributed by atoms with Crippen molar-refractivity contribution in [2.75, 3.05) is 6.61 Å². The van der Waals surface area contributed by atoms with Gasteiger partial charge in [-0.3, -0.25) is 19.1 Å². The summed E-state index contributed by atoms with van der Waals surface area (Å²) in [5.41, 5.74) is 8.51. The molecule has 0 aliphatic carbocycles. The number of hydrogen-bond acceptors (Lipinski definition) is 8. The highest BCUT2D eigenvalue weighted by atomic mass is 16.6. The van der Waals surface area contributed by atoms with E-state index in [0.717, 1.165) is 15.7 Å². The number of benzene rings is 2. The van der Waals surface area contributed by atoms with Crippen LogP contribution in [-0.4, -0.2) is 46.0 Å². The molecule has 12 heteroatoms. The van der Waals surface area contributed by atoms with Gasteiger partial charge in [0.05, 0.1) is 25.9 Å². The number of nitrogens with one attached hydrogen (secondary N) is 1. The summed E-state index contributed by atoms with van der Waals surface area (Å²) < 4.78 is 25.9. The molecule has 0 radical (unpaired) electrons. The van der Waals surface area contributed by atoms with E-state index in [9.17, 15) is 19.9 Å². The summed E-state index contributed by atoms with van der Waals surface area (Å²) in [4.78, 5) is 42.6. The molecule has 5 atom stereocenters. The number of carbonyl (C=O) groups excluding carboxylic acids is 1. The van der Waals surface area contributed by atoms with E-state index in [0.29, 0.717) is 0 Å². The summed E-state index contributed by atoms with van der Waals surface area (Å²) >= 11 is 0. The molecule has 1 aliphatic rings. The van der Waals surface area contributed by atoms with Gasteiger partial charge >= 0.3 is 11.7 Å². The number of H-pyrrole nitrogens is 1. The lowest BCUT2D eigenvalue weighted by Crippen LogP contribution is -2.55. The van der Waals surface area contributed by atoms with Crippen molar-refractivity contribution in [1.82, 2.24) is 9.55 Å². The van der Waals surface area contributed by atoms with Crippen LogP contribution in [0.15, 0.2) is 81.6 Å². The molecule has 0 bridgehead atoms. The number of aryl methyl sites for hydroxylation is 1. The molecule has 40 heavy (non-hydrogen) atoms. The summed E-state index contributed by atoms with van der Waals surface area (Å²) in [6.45, 7) is 4.58. The molecule has 2 heterocycles. The largest absolute Gasteiger partial charge is 0.455 e. The quantitative estimate of drug-likeness (QED) is 0.166. The first-order valence-electron chi connectivity index (χ1n) is 12.7. The van der Waals surface area contributed by atoms with Gasteiger partial charge in [0.2, 0.25) is 0 Å². The molecule has 1 aromatic heterocycles. The number of rotatable bonds is 11. The van der Waals surface area contributed by atoms with Crippen molar-refractivity contribution in [3.05, 3.63) is 115 Å². The Labute approximate surface area is 230 Å². The van der Waals surface area contributed by atoms with E-state index >= 15 is 0 Å². The monoisotopic (exact) mass is 549 g/mol. The predicted molar refractivity (Wildman–Crippen MR) is 144 cm³/mol. The summed E-state index contributed by atoms with van der Waals surface area (Å²) in [7, 11) is 0. The minimum atomic E-state index is -1.50. The molecule has 4 rings (SSSR count). The van der Waals surface area contributed by atoms with Gasteiger partial charge in [0.1, 0.15) is 11.7 Å². The third-order valence-electron chi connectivity index (χ3n) is 6.77. The van der Waals surface area contributed by atoms with Crippen LogP contribution in [0.1, 0.15) is 36.8 Å². The van der Waals surface area contributed by atoms with Crippen LogP contribution >= 0.6 is 0 Å². The highest BCUT2D eigenvalue weighted by Gasteiger charge is 2.61. The van der Waals surface area contributed by atoms with Crippen LogP contribution in [0.3, 0.4) is 0 Å². The fraction of sp³-hybridized carbons (Fsp3) is 0.393. The van der Waals surface area contributed by atoms with E-state index in [1.165, 1.54) is 20.0 Å². The zero-order valence-electron chi connectivity index (χ0n) is 22.4. The number of nitrogens with zero attached hydrogens (tertiary/aromatic N) is 4. The van der Waals surface area contributed by atoms with Crippen LogP contribution in [0.25, 0.3) is 10.4 Å². The lowest BCUT2D eigenvalue weighted by molar-refractivity contribution is -0.166. The lowest BCUT2D eigenvalue weighted by atomic mass is 9.88. The van der Waals surface area contributed by atoms with Crippen molar-refractivity contribution in [1.29, 1.82) is 0 Å². The molecule has 1 unspecified atom stereocenters. The lowest BCUT2D eigenvalue weighted by Gasteiger charge is -2.37. The van der Waals surface area contributed by atoms with E-state index in [-0.39, 0.29) is 25.4 Å². The number of aromatic nitrogens is 2. The van der Waals surface area contributed by atoms with Crippen molar-refractivity contribution in [3.8, 4) is 0 Å². The zero-order valence-corrected chi connectivity index (χ0v) is 22.4. The van der Waals surface area contributed by atoms with Crippen LogP contribution < -0.4 is 11.2 Å². The average molecular weight is 550 g/mol. The Morgan fingerprint density at radius 2 is 1.75 bits per heavy atom. The van der Waals surface area contributed by atoms with Crippen molar-refractivity contribution < 1.29 is 23.7 Å². The topological polar surface area (TPSA) is 158 Å². The molecule has 3 aromatic rings. The Bertz CT molecular complexity index is 1470. The number of aromatic amines is 1. The Kier molecular flexibility index (Phi) is 9.18. The Morgan fingerprint density at radius 1 is 1.12 bits per heavy atom. The molecular weight excluding hydrogens is 518 g/mol. The average Bonchev–Trinajstić information content (AvgIpc) is 3.24. The van der Waals surface area contributed by atoms with E-state index in [4.69, 9.17) is 18.9 Å². The van der Waals surface area contributed by atoms with Gasteiger partial charge in [-0.15, -0.1) is 0 Å². The molecule has 12 nitrogen and oxygen atoms in total. The minimum absolute atomic E-state index is 0.0995. The molecule has 0 spiro atoms. The summed E-state index contributed by atoms with van der Waals surface area (Å²) in [6, 6.07) is 17.9. The first-order valence-corrected chi connectivity index (χ1v) is 12.7. The zero-order chi connectivity index (χ0) is 28.7. The molecule has 1 saturated heterocycles.